The Hall–Kier alpha value is -2.34. The predicted octanol–water partition coefficient (Wildman–Crippen LogP) is 4.27. The van der Waals surface area contributed by atoms with E-state index in [1.165, 1.54) is 0 Å². The summed E-state index contributed by atoms with van der Waals surface area (Å²) >= 11 is 12.3. The van der Waals surface area contributed by atoms with Crippen molar-refractivity contribution < 1.29 is 9.53 Å². The summed E-state index contributed by atoms with van der Waals surface area (Å²) in [6, 6.07) is 12.9. The van der Waals surface area contributed by atoms with Gasteiger partial charge in [-0.05, 0) is 35.9 Å². The molecule has 1 aliphatic heterocycles. The average Bonchev–Trinajstić information content (AvgIpc) is 3.11. The van der Waals surface area contributed by atoms with Crippen LogP contribution in [0, 0.1) is 0 Å². The van der Waals surface area contributed by atoms with Crippen LogP contribution in [-0.4, -0.2) is 47.1 Å². The molecule has 0 bridgehead atoms. The van der Waals surface area contributed by atoms with Crippen LogP contribution in [0.25, 0.3) is 22.7 Å². The molecule has 4 rings (SSSR count). The lowest BCUT2D eigenvalue weighted by Gasteiger charge is -2.27. The summed E-state index contributed by atoms with van der Waals surface area (Å²) in [7, 11) is 0. The van der Waals surface area contributed by atoms with E-state index in [2.05, 4.69) is 9.97 Å². The first-order valence-electron chi connectivity index (χ1n) is 8.61. The molecule has 0 aliphatic carbocycles. The number of morpholine rings is 1. The van der Waals surface area contributed by atoms with Crippen LogP contribution >= 0.6 is 23.2 Å². The number of H-pyrrole nitrogens is 1. The van der Waals surface area contributed by atoms with Gasteiger partial charge in [-0.3, -0.25) is 4.79 Å². The molecule has 1 N–H and O–H groups in total. The number of nitrogens with zero attached hydrogens (tertiary/aromatic N) is 2. The maximum absolute atomic E-state index is 13.2. The summed E-state index contributed by atoms with van der Waals surface area (Å²) < 4.78 is 5.36. The first kappa shape index (κ1) is 18.0. The summed E-state index contributed by atoms with van der Waals surface area (Å²) in [5.74, 6) is 0.405. The smallest absolute Gasteiger partial charge is 0.257 e. The van der Waals surface area contributed by atoms with Crippen molar-refractivity contribution in [3.63, 3.8) is 0 Å². The third-order valence-electron chi connectivity index (χ3n) is 4.44. The van der Waals surface area contributed by atoms with Gasteiger partial charge < -0.3 is 14.6 Å². The number of carbonyl (C=O) groups is 1. The minimum Gasteiger partial charge on any atom is -0.378 e. The SMILES string of the molecule is O=C(/C(=C/c1ccc(Cl)cc1Cl)c1nc2ccccc2[nH]1)N1CCOCC1. The number of hydrogen-bond acceptors (Lipinski definition) is 3. The van der Waals surface area contributed by atoms with E-state index in [1.54, 1.807) is 29.2 Å². The Morgan fingerprint density at radius 3 is 2.67 bits per heavy atom. The summed E-state index contributed by atoms with van der Waals surface area (Å²) in [5.41, 5.74) is 2.83. The Bertz CT molecular complexity index is 990. The minimum atomic E-state index is -0.108. The molecule has 1 amide bonds. The fourth-order valence-corrected chi connectivity index (χ4v) is 3.49. The van der Waals surface area contributed by atoms with Crippen molar-refractivity contribution >= 4 is 51.8 Å². The number of rotatable bonds is 3. The van der Waals surface area contributed by atoms with Crippen LogP contribution < -0.4 is 0 Å². The highest BCUT2D eigenvalue weighted by Crippen LogP contribution is 2.27. The molecule has 1 saturated heterocycles. The molecule has 1 aliphatic rings. The zero-order chi connectivity index (χ0) is 18.8. The van der Waals surface area contributed by atoms with Crippen LogP contribution in [0.15, 0.2) is 42.5 Å². The van der Waals surface area contributed by atoms with Crippen LogP contribution in [0.4, 0.5) is 0 Å². The molecule has 0 radical (unpaired) electrons. The number of ether oxygens (including phenoxy) is 1. The lowest BCUT2D eigenvalue weighted by Crippen LogP contribution is -2.41. The van der Waals surface area contributed by atoms with Gasteiger partial charge in [0.1, 0.15) is 5.82 Å². The van der Waals surface area contributed by atoms with Gasteiger partial charge in [0.15, 0.2) is 0 Å². The van der Waals surface area contributed by atoms with Gasteiger partial charge in [0.25, 0.3) is 5.91 Å². The zero-order valence-corrected chi connectivity index (χ0v) is 15.9. The largest absolute Gasteiger partial charge is 0.378 e. The van der Waals surface area contributed by atoms with Crippen molar-refractivity contribution in [1.29, 1.82) is 0 Å². The summed E-state index contributed by atoms with van der Waals surface area (Å²) in [6.07, 6.45) is 1.76. The fourth-order valence-electron chi connectivity index (χ4n) is 3.02. The maximum atomic E-state index is 13.2. The minimum absolute atomic E-state index is 0.108. The highest BCUT2D eigenvalue weighted by Gasteiger charge is 2.24. The monoisotopic (exact) mass is 401 g/mol. The molecule has 27 heavy (non-hydrogen) atoms. The van der Waals surface area contributed by atoms with Crippen LogP contribution in [0.5, 0.6) is 0 Å². The number of nitrogens with one attached hydrogen (secondary N) is 1. The fraction of sp³-hybridized carbons (Fsp3) is 0.200. The van der Waals surface area contributed by atoms with E-state index in [0.29, 0.717) is 53.3 Å². The highest BCUT2D eigenvalue weighted by atomic mass is 35.5. The summed E-state index contributed by atoms with van der Waals surface area (Å²) in [6.45, 7) is 2.15. The first-order chi connectivity index (χ1) is 13.1. The number of halogens is 2. The van der Waals surface area contributed by atoms with E-state index in [9.17, 15) is 4.79 Å². The summed E-state index contributed by atoms with van der Waals surface area (Å²) in [5, 5.41) is 1.02. The second-order valence-electron chi connectivity index (χ2n) is 6.23. The molecule has 0 saturated carbocycles. The van der Waals surface area contributed by atoms with Gasteiger partial charge in [-0.25, -0.2) is 4.98 Å². The van der Waals surface area contributed by atoms with Gasteiger partial charge in [-0.2, -0.15) is 0 Å². The van der Waals surface area contributed by atoms with Gasteiger partial charge in [0.2, 0.25) is 0 Å². The molecule has 0 atom stereocenters. The number of aromatic amines is 1. The van der Waals surface area contributed by atoms with Crippen molar-refractivity contribution in [2.75, 3.05) is 26.3 Å². The van der Waals surface area contributed by atoms with E-state index in [-0.39, 0.29) is 5.91 Å². The highest BCUT2D eigenvalue weighted by molar-refractivity contribution is 6.36. The van der Waals surface area contributed by atoms with Gasteiger partial charge in [0.05, 0.1) is 29.8 Å². The Morgan fingerprint density at radius 1 is 1.15 bits per heavy atom. The number of aromatic nitrogens is 2. The maximum Gasteiger partial charge on any atom is 0.257 e. The van der Waals surface area contributed by atoms with E-state index < -0.39 is 0 Å². The van der Waals surface area contributed by atoms with Crippen LogP contribution in [0.3, 0.4) is 0 Å². The standard InChI is InChI=1S/C20H17Cl2N3O2/c21-14-6-5-13(16(22)12-14)11-15(20(26)25-7-9-27-10-8-25)19-23-17-3-1-2-4-18(17)24-19/h1-6,11-12H,7-10H2,(H,23,24)/b15-11+. The van der Waals surface area contributed by atoms with Gasteiger partial charge in [-0.1, -0.05) is 41.4 Å². The Labute approximate surface area is 166 Å². The molecule has 1 aromatic heterocycles. The number of para-hydroxylation sites is 2. The molecule has 5 nitrogen and oxygen atoms in total. The van der Waals surface area contributed by atoms with Crippen molar-refractivity contribution in [2.24, 2.45) is 0 Å². The molecule has 138 valence electrons. The molecule has 2 aromatic carbocycles. The molecule has 3 aromatic rings. The Morgan fingerprint density at radius 2 is 1.93 bits per heavy atom. The predicted molar refractivity (Wildman–Crippen MR) is 108 cm³/mol. The number of carbonyl (C=O) groups excluding carboxylic acids is 1. The molecular weight excluding hydrogens is 385 g/mol. The number of imidazole rings is 1. The Balaban J connectivity index is 1.80. The number of hydrogen-bond donors (Lipinski definition) is 1. The number of benzene rings is 2. The lowest BCUT2D eigenvalue weighted by molar-refractivity contribution is -0.128. The quantitative estimate of drug-likeness (QED) is 0.666. The Kier molecular flexibility index (Phi) is 5.16. The van der Waals surface area contributed by atoms with Crippen LogP contribution in [0.2, 0.25) is 10.0 Å². The van der Waals surface area contributed by atoms with E-state index >= 15 is 0 Å². The second kappa shape index (κ2) is 7.72. The van der Waals surface area contributed by atoms with Crippen LogP contribution in [-0.2, 0) is 9.53 Å². The average molecular weight is 402 g/mol. The third-order valence-corrected chi connectivity index (χ3v) is 5.00. The topological polar surface area (TPSA) is 58.2 Å². The molecule has 1 fully saturated rings. The third kappa shape index (κ3) is 3.86. The normalized spacial score (nSPS) is 15.3. The van der Waals surface area contributed by atoms with Gasteiger partial charge >= 0.3 is 0 Å². The van der Waals surface area contributed by atoms with E-state index in [1.807, 2.05) is 24.3 Å². The van der Waals surface area contributed by atoms with Gasteiger partial charge in [-0.15, -0.1) is 0 Å². The zero-order valence-electron chi connectivity index (χ0n) is 14.4. The molecule has 0 unspecified atom stereocenters. The van der Waals surface area contributed by atoms with E-state index in [0.717, 1.165) is 11.0 Å². The molecular formula is C20H17Cl2N3O2. The lowest BCUT2D eigenvalue weighted by atomic mass is 10.1. The van der Waals surface area contributed by atoms with Crippen molar-refractivity contribution in [3.8, 4) is 0 Å². The van der Waals surface area contributed by atoms with Crippen molar-refractivity contribution in [2.45, 2.75) is 0 Å². The molecule has 0 spiro atoms. The molecule has 2 heterocycles. The number of fused-ring (bicyclic) bond motifs is 1. The van der Waals surface area contributed by atoms with Gasteiger partial charge in [0, 0.05) is 23.1 Å². The number of amides is 1. The summed E-state index contributed by atoms with van der Waals surface area (Å²) in [4.78, 5) is 22.8. The second-order valence-corrected chi connectivity index (χ2v) is 7.07. The van der Waals surface area contributed by atoms with Crippen molar-refractivity contribution in [3.05, 3.63) is 63.9 Å². The van der Waals surface area contributed by atoms with E-state index in [4.69, 9.17) is 27.9 Å². The molecule has 7 heteroatoms. The van der Waals surface area contributed by atoms with Crippen molar-refractivity contribution in [1.82, 2.24) is 14.9 Å². The van der Waals surface area contributed by atoms with Crippen LogP contribution in [0.1, 0.15) is 11.4 Å². The first-order valence-corrected chi connectivity index (χ1v) is 9.36.